The Morgan fingerprint density at radius 3 is 3.07 bits per heavy atom. The average molecular weight is 209 g/mol. The summed E-state index contributed by atoms with van der Waals surface area (Å²) in [6, 6.07) is 3.60. The molecule has 0 saturated carbocycles. The molecule has 15 heavy (non-hydrogen) atoms. The fourth-order valence-corrected chi connectivity index (χ4v) is 1.18. The number of nitrogens with two attached hydrogens (primary N) is 1. The Kier molecular flexibility index (Phi) is 5.55. The van der Waals surface area contributed by atoms with Crippen LogP contribution in [0.2, 0.25) is 0 Å². The average Bonchev–Trinajstić information content (AvgIpc) is 2.23. The summed E-state index contributed by atoms with van der Waals surface area (Å²) in [6.07, 6.45) is 3.76. The minimum absolute atomic E-state index is 0.731. The van der Waals surface area contributed by atoms with Crippen molar-refractivity contribution in [2.75, 3.05) is 30.8 Å². The Bertz CT molecular complexity index is 278. The molecule has 0 bridgehead atoms. The third-order valence-electron chi connectivity index (χ3n) is 1.90. The van der Waals surface area contributed by atoms with Crippen LogP contribution >= 0.6 is 0 Å². The molecule has 0 spiro atoms. The van der Waals surface area contributed by atoms with E-state index >= 15 is 0 Å². The highest BCUT2D eigenvalue weighted by Crippen LogP contribution is 2.07. The molecule has 0 aliphatic carbocycles. The zero-order chi connectivity index (χ0) is 10.9. The maximum Gasteiger partial charge on any atom is 0.127 e. The first kappa shape index (κ1) is 11.8. The minimum atomic E-state index is 0.731. The lowest BCUT2D eigenvalue weighted by Gasteiger charge is -2.06. The molecule has 0 unspecified atom stereocenters. The highest BCUT2D eigenvalue weighted by Gasteiger charge is 1.93. The van der Waals surface area contributed by atoms with E-state index in [0.29, 0.717) is 0 Å². The number of ether oxygens (including phenoxy) is 1. The van der Waals surface area contributed by atoms with Crippen molar-refractivity contribution in [3.63, 3.8) is 0 Å². The van der Waals surface area contributed by atoms with Crippen molar-refractivity contribution < 1.29 is 4.74 Å². The largest absolute Gasteiger partial charge is 0.399 e. The number of rotatable bonds is 7. The van der Waals surface area contributed by atoms with Crippen molar-refractivity contribution in [2.24, 2.45) is 0 Å². The quantitative estimate of drug-likeness (QED) is 0.673. The van der Waals surface area contributed by atoms with Crippen molar-refractivity contribution in [3.8, 4) is 0 Å². The van der Waals surface area contributed by atoms with Crippen LogP contribution in [0, 0.1) is 0 Å². The van der Waals surface area contributed by atoms with Crippen molar-refractivity contribution >= 4 is 11.5 Å². The number of aromatic nitrogens is 1. The van der Waals surface area contributed by atoms with Gasteiger partial charge in [0, 0.05) is 37.7 Å². The van der Waals surface area contributed by atoms with E-state index < -0.39 is 0 Å². The zero-order valence-corrected chi connectivity index (χ0v) is 9.20. The van der Waals surface area contributed by atoms with Crippen LogP contribution in [0.15, 0.2) is 18.3 Å². The first-order valence-corrected chi connectivity index (χ1v) is 5.36. The normalized spacial score (nSPS) is 10.2. The summed E-state index contributed by atoms with van der Waals surface area (Å²) in [4.78, 5) is 4.14. The van der Waals surface area contributed by atoms with Gasteiger partial charge in [0.05, 0.1) is 0 Å². The van der Waals surface area contributed by atoms with Crippen LogP contribution in [0.5, 0.6) is 0 Å². The molecule has 0 aliphatic rings. The molecule has 1 aromatic heterocycles. The summed E-state index contributed by atoms with van der Waals surface area (Å²) < 4.78 is 5.36. The van der Waals surface area contributed by atoms with Crippen LogP contribution in [-0.4, -0.2) is 24.7 Å². The molecule has 0 saturated heterocycles. The van der Waals surface area contributed by atoms with Gasteiger partial charge in [-0.15, -0.1) is 0 Å². The second kappa shape index (κ2) is 7.06. The number of hydrogen-bond donors (Lipinski definition) is 2. The first-order valence-electron chi connectivity index (χ1n) is 5.36. The molecule has 1 rings (SSSR count). The predicted molar refractivity (Wildman–Crippen MR) is 62.9 cm³/mol. The van der Waals surface area contributed by atoms with Crippen LogP contribution < -0.4 is 11.1 Å². The maximum atomic E-state index is 5.62. The van der Waals surface area contributed by atoms with E-state index in [2.05, 4.69) is 17.2 Å². The Morgan fingerprint density at radius 1 is 1.47 bits per heavy atom. The summed E-state index contributed by atoms with van der Waals surface area (Å²) in [5.41, 5.74) is 6.36. The zero-order valence-electron chi connectivity index (χ0n) is 9.20. The smallest absolute Gasteiger partial charge is 0.127 e. The highest BCUT2D eigenvalue weighted by molar-refractivity contribution is 5.48. The number of anilines is 2. The summed E-state index contributed by atoms with van der Waals surface area (Å²) >= 11 is 0. The molecule has 0 aliphatic heterocycles. The molecular formula is C11H19N3O. The van der Waals surface area contributed by atoms with E-state index in [-0.39, 0.29) is 0 Å². The van der Waals surface area contributed by atoms with E-state index in [9.17, 15) is 0 Å². The fraction of sp³-hybridized carbons (Fsp3) is 0.545. The molecule has 0 aromatic carbocycles. The lowest BCUT2D eigenvalue weighted by molar-refractivity contribution is 0.134. The lowest BCUT2D eigenvalue weighted by Crippen LogP contribution is -2.07. The predicted octanol–water partition coefficient (Wildman–Crippen LogP) is 1.89. The minimum Gasteiger partial charge on any atom is -0.399 e. The number of nitrogens with zero attached hydrogens (tertiary/aromatic N) is 1. The lowest BCUT2D eigenvalue weighted by atomic mass is 10.4. The monoisotopic (exact) mass is 209 g/mol. The fourth-order valence-electron chi connectivity index (χ4n) is 1.18. The van der Waals surface area contributed by atoms with Gasteiger partial charge in [-0.2, -0.15) is 0 Å². The van der Waals surface area contributed by atoms with Crippen LogP contribution in [0.4, 0.5) is 11.5 Å². The van der Waals surface area contributed by atoms with Gasteiger partial charge in [0.15, 0.2) is 0 Å². The van der Waals surface area contributed by atoms with E-state index in [1.807, 2.05) is 6.07 Å². The molecule has 1 aromatic rings. The summed E-state index contributed by atoms with van der Waals surface area (Å²) in [7, 11) is 0. The Balaban J connectivity index is 2.10. The highest BCUT2D eigenvalue weighted by atomic mass is 16.5. The van der Waals surface area contributed by atoms with E-state index in [0.717, 1.165) is 44.1 Å². The maximum absolute atomic E-state index is 5.62. The second-order valence-electron chi connectivity index (χ2n) is 3.37. The number of hydrogen-bond acceptors (Lipinski definition) is 4. The Labute approximate surface area is 90.8 Å². The third kappa shape index (κ3) is 5.22. The van der Waals surface area contributed by atoms with Crippen LogP contribution in [-0.2, 0) is 4.74 Å². The van der Waals surface area contributed by atoms with E-state index in [1.54, 1.807) is 12.3 Å². The number of pyridine rings is 1. The van der Waals surface area contributed by atoms with Gasteiger partial charge >= 0.3 is 0 Å². The molecule has 0 atom stereocenters. The molecule has 4 nitrogen and oxygen atoms in total. The summed E-state index contributed by atoms with van der Waals surface area (Å²) in [5, 5.41) is 3.19. The molecule has 0 fully saturated rings. The Hall–Kier alpha value is -1.29. The first-order chi connectivity index (χ1) is 7.33. The van der Waals surface area contributed by atoms with Crippen molar-refractivity contribution in [1.82, 2.24) is 4.98 Å². The second-order valence-corrected chi connectivity index (χ2v) is 3.37. The van der Waals surface area contributed by atoms with Crippen LogP contribution in [0.1, 0.15) is 19.8 Å². The third-order valence-corrected chi connectivity index (χ3v) is 1.90. The van der Waals surface area contributed by atoms with Crippen molar-refractivity contribution in [3.05, 3.63) is 18.3 Å². The van der Waals surface area contributed by atoms with Gasteiger partial charge in [-0.3, -0.25) is 0 Å². The topological polar surface area (TPSA) is 60.2 Å². The van der Waals surface area contributed by atoms with Gasteiger partial charge < -0.3 is 15.8 Å². The number of nitrogen functional groups attached to an aromatic ring is 1. The van der Waals surface area contributed by atoms with E-state index in [1.165, 1.54) is 0 Å². The molecule has 4 heteroatoms. The van der Waals surface area contributed by atoms with Gasteiger partial charge in [0.1, 0.15) is 5.82 Å². The number of nitrogens with one attached hydrogen (secondary N) is 1. The van der Waals surface area contributed by atoms with Gasteiger partial charge in [0.25, 0.3) is 0 Å². The molecule has 0 radical (unpaired) electrons. The molecule has 84 valence electrons. The standard InChI is InChI=1S/C11H19N3O/c1-2-7-15-8-3-5-13-11-9-10(12)4-6-14-11/h4,6,9H,2-3,5,7-8H2,1H3,(H3,12,13,14). The van der Waals surface area contributed by atoms with Gasteiger partial charge in [0.2, 0.25) is 0 Å². The summed E-state index contributed by atoms with van der Waals surface area (Å²) in [5.74, 6) is 0.825. The molecular weight excluding hydrogens is 190 g/mol. The van der Waals surface area contributed by atoms with Crippen LogP contribution in [0.25, 0.3) is 0 Å². The SMILES string of the molecule is CCCOCCCNc1cc(N)ccn1. The molecule has 0 amide bonds. The molecule has 1 heterocycles. The van der Waals surface area contributed by atoms with Gasteiger partial charge in [-0.1, -0.05) is 6.92 Å². The Morgan fingerprint density at radius 2 is 2.33 bits per heavy atom. The summed E-state index contributed by atoms with van der Waals surface area (Å²) in [6.45, 7) is 4.61. The van der Waals surface area contributed by atoms with Crippen molar-refractivity contribution in [2.45, 2.75) is 19.8 Å². The van der Waals surface area contributed by atoms with E-state index in [4.69, 9.17) is 10.5 Å². The molecule has 3 N–H and O–H groups in total. The van der Waals surface area contributed by atoms with Crippen molar-refractivity contribution in [1.29, 1.82) is 0 Å². The van der Waals surface area contributed by atoms with Crippen LogP contribution in [0.3, 0.4) is 0 Å². The van der Waals surface area contributed by atoms with Gasteiger partial charge in [-0.05, 0) is 18.9 Å². The van der Waals surface area contributed by atoms with Gasteiger partial charge in [-0.25, -0.2) is 4.98 Å².